The van der Waals surface area contributed by atoms with Gasteiger partial charge in [0.05, 0.1) is 6.04 Å². The van der Waals surface area contributed by atoms with Gasteiger partial charge in [-0.15, -0.1) is 0 Å². The smallest absolute Gasteiger partial charge is 0.169 e. The molecule has 3 unspecified atom stereocenters. The highest BCUT2D eigenvalue weighted by molar-refractivity contribution is 9.10. The molecule has 1 aliphatic rings. The lowest BCUT2D eigenvalue weighted by molar-refractivity contribution is 0.0914. The first-order chi connectivity index (χ1) is 7.58. The highest BCUT2D eigenvalue weighted by Crippen LogP contribution is 2.27. The fourth-order valence-electron chi connectivity index (χ4n) is 2.31. The average molecular weight is 287 g/mol. The van der Waals surface area contributed by atoms with Gasteiger partial charge in [-0.1, -0.05) is 0 Å². The molecule has 2 rings (SSSR count). The highest BCUT2D eigenvalue weighted by Gasteiger charge is 2.28. The third-order valence-corrected chi connectivity index (χ3v) is 3.74. The van der Waals surface area contributed by atoms with Crippen LogP contribution in [-0.2, 0) is 0 Å². The van der Waals surface area contributed by atoms with Crippen molar-refractivity contribution in [2.45, 2.75) is 38.9 Å². The predicted octanol–water partition coefficient (Wildman–Crippen LogP) is 2.79. The van der Waals surface area contributed by atoms with E-state index in [2.05, 4.69) is 46.9 Å². The monoisotopic (exact) mass is 286 g/mol. The largest absolute Gasteiger partial charge is 0.453 e. The molecule has 0 amide bonds. The zero-order chi connectivity index (χ0) is 11.7. The summed E-state index contributed by atoms with van der Waals surface area (Å²) in [5, 5.41) is 3.49. The molecule has 1 aromatic heterocycles. The Kier molecular flexibility index (Phi) is 3.72. The molecule has 16 heavy (non-hydrogen) atoms. The van der Waals surface area contributed by atoms with Gasteiger partial charge < -0.3 is 9.73 Å². The van der Waals surface area contributed by atoms with E-state index in [4.69, 9.17) is 4.42 Å². The van der Waals surface area contributed by atoms with Crippen LogP contribution >= 0.6 is 15.9 Å². The minimum atomic E-state index is 0.339. The second kappa shape index (κ2) is 4.90. The van der Waals surface area contributed by atoms with Crippen LogP contribution in [0.25, 0.3) is 0 Å². The molecule has 3 nitrogen and oxygen atoms in total. The number of piperazine rings is 1. The Labute approximate surface area is 105 Å². The van der Waals surface area contributed by atoms with Gasteiger partial charge in [0.2, 0.25) is 0 Å². The third-order valence-electron chi connectivity index (χ3n) is 3.32. The van der Waals surface area contributed by atoms with Crippen molar-refractivity contribution in [2.75, 3.05) is 13.1 Å². The Morgan fingerprint density at radius 3 is 2.88 bits per heavy atom. The van der Waals surface area contributed by atoms with Crippen molar-refractivity contribution in [3.05, 3.63) is 22.6 Å². The summed E-state index contributed by atoms with van der Waals surface area (Å²) in [6.07, 6.45) is 0. The molecule has 0 aromatic carbocycles. The predicted molar refractivity (Wildman–Crippen MR) is 68.5 cm³/mol. The van der Waals surface area contributed by atoms with E-state index in [0.717, 1.165) is 23.5 Å². The maximum Gasteiger partial charge on any atom is 0.169 e. The summed E-state index contributed by atoms with van der Waals surface area (Å²) in [5.74, 6) is 1.04. The zero-order valence-corrected chi connectivity index (χ0v) is 11.6. The lowest BCUT2D eigenvalue weighted by Crippen LogP contribution is -2.54. The summed E-state index contributed by atoms with van der Waals surface area (Å²) in [6, 6.07) is 5.45. The lowest BCUT2D eigenvalue weighted by atomic mass is 10.1. The van der Waals surface area contributed by atoms with Crippen molar-refractivity contribution < 1.29 is 4.42 Å². The number of rotatable bonds is 2. The van der Waals surface area contributed by atoms with Crippen LogP contribution < -0.4 is 5.32 Å². The Balaban J connectivity index is 2.10. The maximum absolute atomic E-state index is 5.64. The second-order valence-corrected chi connectivity index (χ2v) is 5.45. The minimum Gasteiger partial charge on any atom is -0.453 e. The summed E-state index contributed by atoms with van der Waals surface area (Å²) in [7, 11) is 0. The number of nitrogens with zero attached hydrogens (tertiary/aromatic N) is 1. The van der Waals surface area contributed by atoms with Crippen molar-refractivity contribution >= 4 is 15.9 Å². The Morgan fingerprint density at radius 2 is 2.25 bits per heavy atom. The SMILES string of the molecule is CC1CN(C(C)c2ccc(Br)o2)C(C)CN1. The molecule has 0 aliphatic carbocycles. The summed E-state index contributed by atoms with van der Waals surface area (Å²) in [5.41, 5.74) is 0. The van der Waals surface area contributed by atoms with Crippen molar-refractivity contribution in [2.24, 2.45) is 0 Å². The van der Waals surface area contributed by atoms with Gasteiger partial charge in [0, 0.05) is 25.2 Å². The van der Waals surface area contributed by atoms with Crippen molar-refractivity contribution in [3.8, 4) is 0 Å². The fourth-order valence-corrected chi connectivity index (χ4v) is 2.62. The first-order valence-corrected chi connectivity index (χ1v) is 6.61. The lowest BCUT2D eigenvalue weighted by Gasteiger charge is -2.40. The molecule has 3 atom stereocenters. The molecule has 1 saturated heterocycles. The number of hydrogen-bond acceptors (Lipinski definition) is 3. The number of furan rings is 1. The number of halogens is 1. The molecule has 0 radical (unpaired) electrons. The van der Waals surface area contributed by atoms with Crippen LogP contribution in [0.2, 0.25) is 0 Å². The summed E-state index contributed by atoms with van der Waals surface area (Å²) in [6.45, 7) is 8.81. The average Bonchev–Trinajstić information content (AvgIpc) is 2.67. The fraction of sp³-hybridized carbons (Fsp3) is 0.667. The minimum absolute atomic E-state index is 0.339. The van der Waals surface area contributed by atoms with Gasteiger partial charge in [-0.2, -0.15) is 0 Å². The van der Waals surface area contributed by atoms with Crippen molar-refractivity contribution in [1.29, 1.82) is 0 Å². The molecule has 1 N–H and O–H groups in total. The Bertz CT molecular complexity index is 353. The van der Waals surface area contributed by atoms with Gasteiger partial charge in [-0.05, 0) is 48.8 Å². The molecule has 1 aliphatic heterocycles. The summed E-state index contributed by atoms with van der Waals surface area (Å²) >= 11 is 3.35. The first-order valence-electron chi connectivity index (χ1n) is 5.82. The zero-order valence-electron chi connectivity index (χ0n) is 10.0. The summed E-state index contributed by atoms with van der Waals surface area (Å²) < 4.78 is 6.45. The molecule has 90 valence electrons. The van der Waals surface area contributed by atoms with Crippen LogP contribution in [0.5, 0.6) is 0 Å². The number of hydrogen-bond donors (Lipinski definition) is 1. The topological polar surface area (TPSA) is 28.4 Å². The van der Waals surface area contributed by atoms with Gasteiger partial charge in [-0.25, -0.2) is 0 Å². The van der Waals surface area contributed by atoms with Crippen molar-refractivity contribution in [3.63, 3.8) is 0 Å². The van der Waals surface area contributed by atoms with Crippen LogP contribution in [0.3, 0.4) is 0 Å². The standard InChI is InChI=1S/C12H19BrN2O/c1-8-7-15(9(2)6-14-8)10(3)11-4-5-12(13)16-11/h4-5,8-10,14H,6-7H2,1-3H3. The van der Waals surface area contributed by atoms with Gasteiger partial charge in [-0.3, -0.25) is 4.90 Å². The van der Waals surface area contributed by atoms with Crippen molar-refractivity contribution in [1.82, 2.24) is 10.2 Å². The van der Waals surface area contributed by atoms with E-state index in [-0.39, 0.29) is 0 Å². The maximum atomic E-state index is 5.64. The van der Waals surface area contributed by atoms with Crippen LogP contribution in [-0.4, -0.2) is 30.1 Å². The molecule has 0 bridgehead atoms. The molecule has 0 spiro atoms. The van der Waals surface area contributed by atoms with Gasteiger partial charge in [0.25, 0.3) is 0 Å². The van der Waals surface area contributed by atoms with E-state index < -0.39 is 0 Å². The highest BCUT2D eigenvalue weighted by atomic mass is 79.9. The molecule has 1 aromatic rings. The molecule has 4 heteroatoms. The second-order valence-electron chi connectivity index (χ2n) is 4.67. The Hall–Kier alpha value is -0.320. The van der Waals surface area contributed by atoms with E-state index in [1.807, 2.05) is 12.1 Å². The molecule has 2 heterocycles. The van der Waals surface area contributed by atoms with E-state index in [1.54, 1.807) is 0 Å². The van der Waals surface area contributed by atoms with Gasteiger partial charge in [0.1, 0.15) is 5.76 Å². The van der Waals surface area contributed by atoms with Crippen LogP contribution in [0.1, 0.15) is 32.6 Å². The molecular formula is C12H19BrN2O. The quantitative estimate of drug-likeness (QED) is 0.906. The van der Waals surface area contributed by atoms with Gasteiger partial charge >= 0.3 is 0 Å². The third kappa shape index (κ3) is 2.50. The molecular weight excluding hydrogens is 268 g/mol. The van der Waals surface area contributed by atoms with E-state index in [9.17, 15) is 0 Å². The van der Waals surface area contributed by atoms with E-state index in [1.165, 1.54) is 0 Å². The normalized spacial score (nSPS) is 29.2. The number of nitrogens with one attached hydrogen (secondary N) is 1. The first kappa shape index (κ1) is 12.1. The van der Waals surface area contributed by atoms with E-state index in [0.29, 0.717) is 18.1 Å². The Morgan fingerprint density at radius 1 is 1.50 bits per heavy atom. The van der Waals surface area contributed by atoms with Crippen LogP contribution in [0.15, 0.2) is 21.2 Å². The van der Waals surface area contributed by atoms with E-state index >= 15 is 0 Å². The van der Waals surface area contributed by atoms with Crippen LogP contribution in [0.4, 0.5) is 0 Å². The molecule has 1 fully saturated rings. The van der Waals surface area contributed by atoms with Crippen LogP contribution in [0, 0.1) is 0 Å². The molecule has 0 saturated carbocycles. The summed E-state index contributed by atoms with van der Waals surface area (Å²) in [4.78, 5) is 2.49. The van der Waals surface area contributed by atoms with Gasteiger partial charge in [0.15, 0.2) is 4.67 Å².